The molecule has 0 aromatic heterocycles. The third-order valence-electron chi connectivity index (χ3n) is 2.85. The van der Waals surface area contributed by atoms with Crippen LogP contribution in [-0.4, -0.2) is 0 Å². The highest BCUT2D eigenvalue weighted by Gasteiger charge is 2.18. The van der Waals surface area contributed by atoms with Crippen molar-refractivity contribution >= 4 is 28.9 Å². The number of halogens is 2. The van der Waals surface area contributed by atoms with Gasteiger partial charge in [0, 0.05) is 21.3 Å². The van der Waals surface area contributed by atoms with Crippen molar-refractivity contribution in [1.82, 2.24) is 0 Å². The standard InChI is InChI=1S/C15H15Cl2NO/c1-2-14(15-12(16)4-3-5-13(15)17)19-11-8-6-10(18)7-9-11/h3-9,14H,2,18H2,1H3. The number of nitrogens with two attached hydrogens (primary N) is 1. The highest BCUT2D eigenvalue weighted by atomic mass is 35.5. The Morgan fingerprint density at radius 1 is 1.05 bits per heavy atom. The molecule has 1 unspecified atom stereocenters. The zero-order valence-electron chi connectivity index (χ0n) is 10.6. The van der Waals surface area contributed by atoms with Gasteiger partial charge in [-0.25, -0.2) is 0 Å². The minimum absolute atomic E-state index is 0.176. The first-order valence-electron chi connectivity index (χ1n) is 6.08. The van der Waals surface area contributed by atoms with E-state index in [-0.39, 0.29) is 6.10 Å². The first-order chi connectivity index (χ1) is 9.11. The van der Waals surface area contributed by atoms with E-state index in [2.05, 4.69) is 0 Å². The second-order valence-electron chi connectivity index (χ2n) is 4.22. The second-order valence-corrected chi connectivity index (χ2v) is 5.03. The number of nitrogen functional groups attached to an aromatic ring is 1. The zero-order valence-corrected chi connectivity index (χ0v) is 12.1. The predicted molar refractivity (Wildman–Crippen MR) is 81.0 cm³/mol. The fraction of sp³-hybridized carbons (Fsp3) is 0.200. The van der Waals surface area contributed by atoms with Crippen molar-refractivity contribution in [3.63, 3.8) is 0 Å². The fourth-order valence-electron chi connectivity index (χ4n) is 1.88. The summed E-state index contributed by atoms with van der Waals surface area (Å²) in [6, 6.07) is 12.7. The Morgan fingerprint density at radius 3 is 2.16 bits per heavy atom. The van der Waals surface area contributed by atoms with Crippen LogP contribution in [0, 0.1) is 0 Å². The molecular formula is C15H15Cl2NO. The van der Waals surface area contributed by atoms with E-state index in [1.54, 1.807) is 12.1 Å². The molecule has 100 valence electrons. The number of ether oxygens (including phenoxy) is 1. The molecule has 19 heavy (non-hydrogen) atoms. The summed E-state index contributed by atoms with van der Waals surface area (Å²) in [5, 5.41) is 1.24. The highest BCUT2D eigenvalue weighted by Crippen LogP contribution is 2.35. The molecule has 2 nitrogen and oxygen atoms in total. The summed E-state index contributed by atoms with van der Waals surface area (Å²) in [5.41, 5.74) is 7.18. The molecule has 4 heteroatoms. The Morgan fingerprint density at radius 2 is 1.63 bits per heavy atom. The van der Waals surface area contributed by atoms with Crippen molar-refractivity contribution in [2.75, 3.05) is 5.73 Å². The van der Waals surface area contributed by atoms with Gasteiger partial charge in [-0.15, -0.1) is 0 Å². The van der Waals surface area contributed by atoms with Crippen LogP contribution in [0.15, 0.2) is 42.5 Å². The Labute approximate surface area is 123 Å². The first-order valence-corrected chi connectivity index (χ1v) is 6.83. The minimum atomic E-state index is -0.176. The Kier molecular flexibility index (Phi) is 4.56. The molecule has 0 aliphatic heterocycles. The maximum atomic E-state index is 6.21. The lowest BCUT2D eigenvalue weighted by molar-refractivity contribution is 0.201. The van der Waals surface area contributed by atoms with Crippen molar-refractivity contribution in [1.29, 1.82) is 0 Å². The predicted octanol–water partition coefficient (Wildman–Crippen LogP) is 5.11. The summed E-state index contributed by atoms with van der Waals surface area (Å²) in [6.07, 6.45) is 0.596. The SMILES string of the molecule is CCC(Oc1ccc(N)cc1)c1c(Cl)cccc1Cl. The van der Waals surface area contributed by atoms with Crippen molar-refractivity contribution < 1.29 is 4.74 Å². The van der Waals surface area contributed by atoms with E-state index in [1.165, 1.54) is 0 Å². The summed E-state index contributed by atoms with van der Waals surface area (Å²) in [7, 11) is 0. The van der Waals surface area contributed by atoms with Crippen LogP contribution in [0.5, 0.6) is 5.75 Å². The van der Waals surface area contributed by atoms with Crippen LogP contribution in [0.3, 0.4) is 0 Å². The molecule has 0 aliphatic rings. The summed E-state index contributed by atoms with van der Waals surface area (Å²) in [5.74, 6) is 0.747. The molecule has 0 amide bonds. The molecule has 0 spiro atoms. The average molecular weight is 296 g/mol. The van der Waals surface area contributed by atoms with Gasteiger partial charge in [-0.05, 0) is 42.8 Å². The number of hydrogen-bond donors (Lipinski definition) is 1. The van der Waals surface area contributed by atoms with Crippen LogP contribution in [0.2, 0.25) is 10.0 Å². The Balaban J connectivity index is 2.27. The van der Waals surface area contributed by atoms with Crippen LogP contribution >= 0.6 is 23.2 Å². The van der Waals surface area contributed by atoms with Gasteiger partial charge < -0.3 is 10.5 Å². The van der Waals surface area contributed by atoms with Gasteiger partial charge in [-0.3, -0.25) is 0 Å². The molecule has 0 heterocycles. The topological polar surface area (TPSA) is 35.2 Å². The van der Waals surface area contributed by atoms with Crippen LogP contribution < -0.4 is 10.5 Å². The van der Waals surface area contributed by atoms with Crippen molar-refractivity contribution in [2.45, 2.75) is 19.4 Å². The van der Waals surface area contributed by atoms with Crippen LogP contribution in [0.25, 0.3) is 0 Å². The van der Waals surface area contributed by atoms with Crippen LogP contribution in [0.1, 0.15) is 25.0 Å². The van der Waals surface area contributed by atoms with Crippen molar-refractivity contribution in [2.24, 2.45) is 0 Å². The molecule has 0 aliphatic carbocycles. The maximum absolute atomic E-state index is 6.21. The largest absolute Gasteiger partial charge is 0.486 e. The number of anilines is 1. The molecule has 2 aromatic carbocycles. The molecule has 0 fully saturated rings. The maximum Gasteiger partial charge on any atom is 0.126 e. The van der Waals surface area contributed by atoms with Gasteiger partial charge >= 0.3 is 0 Å². The Hall–Kier alpha value is -1.38. The molecule has 0 bridgehead atoms. The molecule has 0 saturated heterocycles. The molecule has 0 radical (unpaired) electrons. The monoisotopic (exact) mass is 295 g/mol. The van der Waals surface area contributed by atoms with E-state index in [1.807, 2.05) is 37.3 Å². The second kappa shape index (κ2) is 6.18. The smallest absolute Gasteiger partial charge is 0.126 e. The highest BCUT2D eigenvalue weighted by molar-refractivity contribution is 6.36. The third-order valence-corrected chi connectivity index (χ3v) is 3.51. The minimum Gasteiger partial charge on any atom is -0.486 e. The number of benzene rings is 2. The van der Waals surface area contributed by atoms with E-state index in [4.69, 9.17) is 33.7 Å². The quantitative estimate of drug-likeness (QED) is 0.796. The lowest BCUT2D eigenvalue weighted by atomic mass is 10.1. The lowest BCUT2D eigenvalue weighted by Gasteiger charge is -2.20. The number of hydrogen-bond acceptors (Lipinski definition) is 2. The summed E-state index contributed by atoms with van der Waals surface area (Å²) >= 11 is 12.4. The average Bonchev–Trinajstić information content (AvgIpc) is 2.39. The van der Waals surface area contributed by atoms with E-state index in [0.717, 1.165) is 17.7 Å². The molecule has 1 atom stereocenters. The normalized spacial score (nSPS) is 12.2. The van der Waals surface area contributed by atoms with Gasteiger partial charge in [-0.1, -0.05) is 36.2 Å². The summed E-state index contributed by atoms with van der Waals surface area (Å²) in [6.45, 7) is 2.03. The Bertz CT molecular complexity index is 534. The van der Waals surface area contributed by atoms with E-state index in [0.29, 0.717) is 15.7 Å². The lowest BCUT2D eigenvalue weighted by Crippen LogP contribution is -2.08. The van der Waals surface area contributed by atoms with Gasteiger partial charge in [0.25, 0.3) is 0 Å². The van der Waals surface area contributed by atoms with Gasteiger partial charge in [0.05, 0.1) is 0 Å². The summed E-state index contributed by atoms with van der Waals surface area (Å²) in [4.78, 5) is 0. The first kappa shape index (κ1) is 14.0. The fourth-order valence-corrected chi connectivity index (χ4v) is 2.52. The van der Waals surface area contributed by atoms with Crippen molar-refractivity contribution in [3.05, 3.63) is 58.1 Å². The molecule has 2 N–H and O–H groups in total. The van der Waals surface area contributed by atoms with Crippen LogP contribution in [0.4, 0.5) is 5.69 Å². The summed E-state index contributed by atoms with van der Waals surface area (Å²) < 4.78 is 5.94. The van der Waals surface area contributed by atoms with Gasteiger partial charge in [0.2, 0.25) is 0 Å². The van der Waals surface area contributed by atoms with Crippen LogP contribution in [-0.2, 0) is 0 Å². The molecule has 2 aromatic rings. The molecular weight excluding hydrogens is 281 g/mol. The van der Waals surface area contributed by atoms with E-state index in [9.17, 15) is 0 Å². The third kappa shape index (κ3) is 3.34. The molecule has 2 rings (SSSR count). The van der Waals surface area contributed by atoms with E-state index >= 15 is 0 Å². The molecule has 0 saturated carbocycles. The van der Waals surface area contributed by atoms with Crippen molar-refractivity contribution in [3.8, 4) is 5.75 Å². The van der Waals surface area contributed by atoms with Gasteiger partial charge in [0.15, 0.2) is 0 Å². The zero-order chi connectivity index (χ0) is 13.8. The van der Waals surface area contributed by atoms with Gasteiger partial charge in [-0.2, -0.15) is 0 Å². The van der Waals surface area contributed by atoms with E-state index < -0.39 is 0 Å². The van der Waals surface area contributed by atoms with Gasteiger partial charge in [0.1, 0.15) is 11.9 Å². The number of rotatable bonds is 4.